The molecule has 122 valence electrons. The number of hydrogen-bond acceptors (Lipinski definition) is 4. The Morgan fingerprint density at radius 2 is 1.91 bits per heavy atom. The van der Waals surface area contributed by atoms with Gasteiger partial charge in [-0.15, -0.1) is 11.3 Å². The van der Waals surface area contributed by atoms with E-state index in [0.717, 1.165) is 16.0 Å². The molecule has 0 radical (unpaired) electrons. The maximum Gasteiger partial charge on any atom is 0.341 e. The normalized spacial score (nSPS) is 10.5. The van der Waals surface area contributed by atoms with E-state index >= 15 is 0 Å². The Labute approximate surface area is 148 Å². The number of thiophene rings is 1. The van der Waals surface area contributed by atoms with Gasteiger partial charge in [0.2, 0.25) is 5.91 Å². The molecule has 1 aromatic heterocycles. The molecule has 2 aromatic rings. The third kappa shape index (κ3) is 4.25. The maximum atomic E-state index is 12.4. The minimum Gasteiger partial charge on any atom is -0.457 e. The Morgan fingerprint density at radius 3 is 2.52 bits per heavy atom. The fourth-order valence-electron chi connectivity index (χ4n) is 1.97. The van der Waals surface area contributed by atoms with Gasteiger partial charge in [-0.3, -0.25) is 4.79 Å². The van der Waals surface area contributed by atoms with Crippen molar-refractivity contribution in [3.8, 4) is 0 Å². The molecule has 0 spiro atoms. The summed E-state index contributed by atoms with van der Waals surface area (Å²) < 4.78 is 5.34. The van der Waals surface area contributed by atoms with E-state index < -0.39 is 5.97 Å². The molecule has 1 heterocycles. The molecule has 0 fully saturated rings. The van der Waals surface area contributed by atoms with Gasteiger partial charge < -0.3 is 10.1 Å². The van der Waals surface area contributed by atoms with Crippen LogP contribution in [0.25, 0.3) is 0 Å². The summed E-state index contributed by atoms with van der Waals surface area (Å²) in [6.07, 6.45) is 0. The highest BCUT2D eigenvalue weighted by Crippen LogP contribution is 2.33. The van der Waals surface area contributed by atoms with Gasteiger partial charge in [0.05, 0.1) is 15.6 Å². The summed E-state index contributed by atoms with van der Waals surface area (Å²) in [7, 11) is 0. The first kappa shape index (κ1) is 17.8. The highest BCUT2D eigenvalue weighted by atomic mass is 35.5. The van der Waals surface area contributed by atoms with Gasteiger partial charge in [0.25, 0.3) is 0 Å². The van der Waals surface area contributed by atoms with Crippen LogP contribution in [0.2, 0.25) is 10.0 Å². The summed E-state index contributed by atoms with van der Waals surface area (Å²) in [5, 5.41) is 4.02. The topological polar surface area (TPSA) is 55.4 Å². The predicted molar refractivity (Wildman–Crippen MR) is 93.7 cm³/mol. The Kier molecular flexibility index (Phi) is 5.68. The fourth-order valence-corrected chi connectivity index (χ4v) is 3.39. The second-order valence-electron chi connectivity index (χ2n) is 4.99. The van der Waals surface area contributed by atoms with Crippen molar-refractivity contribution in [2.75, 3.05) is 5.32 Å². The van der Waals surface area contributed by atoms with Crippen molar-refractivity contribution in [2.24, 2.45) is 0 Å². The van der Waals surface area contributed by atoms with E-state index in [-0.39, 0.29) is 12.5 Å². The van der Waals surface area contributed by atoms with Crippen molar-refractivity contribution < 1.29 is 14.3 Å². The average Bonchev–Trinajstić information content (AvgIpc) is 2.74. The second kappa shape index (κ2) is 7.34. The molecule has 1 aromatic carbocycles. The van der Waals surface area contributed by atoms with Crippen molar-refractivity contribution in [1.82, 2.24) is 0 Å². The third-order valence-electron chi connectivity index (χ3n) is 3.23. The number of benzene rings is 1. The van der Waals surface area contributed by atoms with Crippen LogP contribution in [0.3, 0.4) is 0 Å². The maximum absolute atomic E-state index is 12.4. The molecule has 0 aliphatic rings. The van der Waals surface area contributed by atoms with Gasteiger partial charge in [0.15, 0.2) is 0 Å². The first-order valence-electron chi connectivity index (χ1n) is 6.78. The molecule has 0 saturated heterocycles. The molecule has 1 N–H and O–H groups in total. The van der Waals surface area contributed by atoms with E-state index in [1.54, 1.807) is 18.2 Å². The number of hydrogen-bond donors (Lipinski definition) is 1. The molecular weight excluding hydrogens is 357 g/mol. The number of amides is 1. The zero-order chi connectivity index (χ0) is 17.1. The number of halogens is 2. The summed E-state index contributed by atoms with van der Waals surface area (Å²) in [4.78, 5) is 24.6. The third-order valence-corrected chi connectivity index (χ3v) is 5.09. The lowest BCUT2D eigenvalue weighted by Gasteiger charge is -2.08. The summed E-state index contributed by atoms with van der Waals surface area (Å²) in [5.74, 6) is -0.716. The van der Waals surface area contributed by atoms with Crippen LogP contribution in [0.4, 0.5) is 5.00 Å². The van der Waals surface area contributed by atoms with Gasteiger partial charge in [-0.05, 0) is 37.1 Å². The summed E-state index contributed by atoms with van der Waals surface area (Å²) in [6.45, 7) is 5.19. The quantitative estimate of drug-likeness (QED) is 0.770. The Bertz CT molecular complexity index is 771. The molecule has 1 amide bonds. The first-order chi connectivity index (χ1) is 10.8. The molecule has 7 heteroatoms. The zero-order valence-electron chi connectivity index (χ0n) is 12.8. The summed E-state index contributed by atoms with van der Waals surface area (Å²) in [5.41, 5.74) is 1.93. The molecule has 23 heavy (non-hydrogen) atoms. The number of carbonyl (C=O) groups is 2. The van der Waals surface area contributed by atoms with Gasteiger partial charge in [-0.25, -0.2) is 4.79 Å². The van der Waals surface area contributed by atoms with E-state index in [0.29, 0.717) is 20.6 Å². The van der Waals surface area contributed by atoms with Crippen LogP contribution in [-0.4, -0.2) is 11.9 Å². The molecule has 0 aliphatic heterocycles. The van der Waals surface area contributed by atoms with Gasteiger partial charge in [0.1, 0.15) is 11.6 Å². The fraction of sp³-hybridized carbons (Fsp3) is 0.250. The number of ether oxygens (including phenoxy) is 1. The Balaban J connectivity index is 2.17. The molecule has 0 bridgehead atoms. The van der Waals surface area contributed by atoms with E-state index in [4.69, 9.17) is 27.9 Å². The number of nitrogens with one attached hydrogen (secondary N) is 1. The van der Waals surface area contributed by atoms with Crippen molar-refractivity contribution in [3.05, 3.63) is 49.8 Å². The second-order valence-corrected chi connectivity index (χ2v) is 7.03. The van der Waals surface area contributed by atoms with E-state index in [1.807, 2.05) is 13.8 Å². The monoisotopic (exact) mass is 371 g/mol. The summed E-state index contributed by atoms with van der Waals surface area (Å²) in [6, 6.07) is 5.04. The van der Waals surface area contributed by atoms with E-state index in [9.17, 15) is 9.59 Å². The minimum atomic E-state index is -0.485. The lowest BCUT2D eigenvalue weighted by Crippen LogP contribution is -2.12. The van der Waals surface area contributed by atoms with Crippen LogP contribution < -0.4 is 5.32 Å². The van der Waals surface area contributed by atoms with Crippen molar-refractivity contribution in [3.63, 3.8) is 0 Å². The zero-order valence-corrected chi connectivity index (χ0v) is 15.2. The highest BCUT2D eigenvalue weighted by Gasteiger charge is 2.21. The van der Waals surface area contributed by atoms with Gasteiger partial charge in [0, 0.05) is 11.8 Å². The van der Waals surface area contributed by atoms with Crippen LogP contribution in [0.5, 0.6) is 0 Å². The number of anilines is 1. The molecule has 2 rings (SSSR count). The SMILES string of the molecule is CC(=O)Nc1sc(C)c(C)c1C(=O)OCc1ccc(Cl)c(Cl)c1. The smallest absolute Gasteiger partial charge is 0.341 e. The predicted octanol–water partition coefficient (Wildman–Crippen LogP) is 4.99. The standard InChI is InChI=1S/C16H15Cl2NO3S/c1-8-9(2)23-15(19-10(3)20)14(8)16(21)22-7-11-4-5-12(17)13(18)6-11/h4-6H,7H2,1-3H3,(H,19,20). The number of carbonyl (C=O) groups excluding carboxylic acids is 2. The van der Waals surface area contributed by atoms with Crippen molar-refractivity contribution in [1.29, 1.82) is 0 Å². The number of aryl methyl sites for hydroxylation is 1. The van der Waals surface area contributed by atoms with Crippen molar-refractivity contribution >= 4 is 51.4 Å². The van der Waals surface area contributed by atoms with Gasteiger partial charge in [-0.1, -0.05) is 29.3 Å². The summed E-state index contributed by atoms with van der Waals surface area (Å²) >= 11 is 13.1. The Morgan fingerprint density at radius 1 is 1.22 bits per heavy atom. The lowest BCUT2D eigenvalue weighted by molar-refractivity contribution is -0.114. The van der Waals surface area contributed by atoms with Crippen LogP contribution in [0.15, 0.2) is 18.2 Å². The largest absolute Gasteiger partial charge is 0.457 e. The molecule has 4 nitrogen and oxygen atoms in total. The molecule has 0 saturated carbocycles. The molecular formula is C16H15Cl2NO3S. The van der Waals surface area contributed by atoms with Crippen molar-refractivity contribution in [2.45, 2.75) is 27.4 Å². The lowest BCUT2D eigenvalue weighted by atomic mass is 10.1. The number of rotatable bonds is 4. The van der Waals surface area contributed by atoms with Crippen LogP contribution in [0.1, 0.15) is 33.3 Å². The van der Waals surface area contributed by atoms with Gasteiger partial charge in [-0.2, -0.15) is 0 Å². The number of esters is 1. The first-order valence-corrected chi connectivity index (χ1v) is 8.35. The van der Waals surface area contributed by atoms with Crippen LogP contribution >= 0.6 is 34.5 Å². The minimum absolute atomic E-state index is 0.0730. The highest BCUT2D eigenvalue weighted by molar-refractivity contribution is 7.16. The molecule has 0 atom stereocenters. The molecule has 0 aliphatic carbocycles. The Hall–Kier alpha value is -1.56. The van der Waals surface area contributed by atoms with Crippen LogP contribution in [0, 0.1) is 13.8 Å². The van der Waals surface area contributed by atoms with E-state index in [2.05, 4.69) is 5.32 Å². The van der Waals surface area contributed by atoms with Gasteiger partial charge >= 0.3 is 5.97 Å². The molecule has 0 unspecified atom stereocenters. The van der Waals surface area contributed by atoms with E-state index in [1.165, 1.54) is 18.3 Å². The van der Waals surface area contributed by atoms with Crippen LogP contribution in [-0.2, 0) is 16.1 Å². The average molecular weight is 372 g/mol.